The average Bonchev–Trinajstić information content (AvgIpc) is 2.40. The van der Waals surface area contributed by atoms with Crippen molar-refractivity contribution in [2.75, 3.05) is 37.6 Å². The molecule has 104 valence electrons. The van der Waals surface area contributed by atoms with E-state index in [2.05, 4.69) is 11.8 Å². The van der Waals surface area contributed by atoms with Crippen LogP contribution in [-0.4, -0.2) is 43.9 Å². The van der Waals surface area contributed by atoms with E-state index in [9.17, 15) is 13.6 Å². The van der Waals surface area contributed by atoms with Crippen molar-refractivity contribution in [3.63, 3.8) is 0 Å². The molecule has 0 aliphatic carbocycles. The molecular formula is C14H18F2N2O. The average molecular weight is 268 g/mol. The second kappa shape index (κ2) is 6.10. The highest BCUT2D eigenvalue weighted by Crippen LogP contribution is 2.25. The Labute approximate surface area is 111 Å². The zero-order chi connectivity index (χ0) is 13.8. The summed E-state index contributed by atoms with van der Waals surface area (Å²) in [6.45, 7) is 5.96. The first kappa shape index (κ1) is 13.9. The summed E-state index contributed by atoms with van der Waals surface area (Å²) in [5.41, 5.74) is 0.0186. The van der Waals surface area contributed by atoms with Crippen molar-refractivity contribution >= 4 is 12.0 Å². The Morgan fingerprint density at radius 3 is 2.21 bits per heavy atom. The fraction of sp³-hybridized carbons (Fsp3) is 0.500. The minimum atomic E-state index is -0.661. The predicted molar refractivity (Wildman–Crippen MR) is 70.7 cm³/mol. The van der Waals surface area contributed by atoms with Gasteiger partial charge in [0.05, 0.1) is 0 Å². The Morgan fingerprint density at radius 1 is 1.16 bits per heavy atom. The monoisotopic (exact) mass is 268 g/mol. The smallest absolute Gasteiger partial charge is 0.150 e. The van der Waals surface area contributed by atoms with E-state index >= 15 is 0 Å². The summed E-state index contributed by atoms with van der Waals surface area (Å²) in [4.78, 5) is 14.6. The number of aldehydes is 1. The molecule has 0 spiro atoms. The number of rotatable bonds is 4. The molecule has 1 heterocycles. The van der Waals surface area contributed by atoms with Crippen LogP contribution in [-0.2, 0) is 0 Å². The lowest BCUT2D eigenvalue weighted by molar-refractivity contribution is 0.112. The van der Waals surface area contributed by atoms with Gasteiger partial charge in [-0.2, -0.15) is 0 Å². The Morgan fingerprint density at radius 2 is 1.74 bits per heavy atom. The van der Waals surface area contributed by atoms with Crippen molar-refractivity contribution in [2.45, 2.75) is 13.3 Å². The van der Waals surface area contributed by atoms with E-state index in [-0.39, 0.29) is 11.3 Å². The molecule has 1 aliphatic rings. The lowest BCUT2D eigenvalue weighted by Crippen LogP contribution is -2.47. The lowest BCUT2D eigenvalue weighted by atomic mass is 10.1. The highest BCUT2D eigenvalue weighted by atomic mass is 19.1. The molecule has 5 heteroatoms. The highest BCUT2D eigenvalue weighted by Gasteiger charge is 2.22. The maximum Gasteiger partial charge on any atom is 0.150 e. The summed E-state index contributed by atoms with van der Waals surface area (Å²) in [5, 5.41) is 0. The molecule has 2 rings (SSSR count). The SMILES string of the molecule is CCCN1CCN(c2c(F)cc(C=O)cc2F)CC1. The Balaban J connectivity index is 2.13. The van der Waals surface area contributed by atoms with Crippen LogP contribution in [0.15, 0.2) is 12.1 Å². The van der Waals surface area contributed by atoms with Gasteiger partial charge in [0, 0.05) is 31.7 Å². The summed E-state index contributed by atoms with van der Waals surface area (Å²) >= 11 is 0. The molecule has 1 fully saturated rings. The van der Waals surface area contributed by atoms with Gasteiger partial charge in [0.2, 0.25) is 0 Å². The van der Waals surface area contributed by atoms with Crippen LogP contribution in [0.2, 0.25) is 0 Å². The van der Waals surface area contributed by atoms with Crippen LogP contribution in [0.4, 0.5) is 14.5 Å². The molecule has 0 saturated carbocycles. The molecule has 0 amide bonds. The molecule has 0 bridgehead atoms. The molecule has 0 N–H and O–H groups in total. The highest BCUT2D eigenvalue weighted by molar-refractivity contribution is 5.76. The maximum atomic E-state index is 13.9. The minimum absolute atomic E-state index is 0.0123. The second-order valence-corrected chi connectivity index (χ2v) is 4.78. The molecule has 1 saturated heterocycles. The van der Waals surface area contributed by atoms with E-state index in [1.54, 1.807) is 4.90 Å². The van der Waals surface area contributed by atoms with Crippen molar-refractivity contribution in [1.29, 1.82) is 0 Å². The summed E-state index contributed by atoms with van der Waals surface area (Å²) in [5.74, 6) is -1.32. The lowest BCUT2D eigenvalue weighted by Gasteiger charge is -2.36. The van der Waals surface area contributed by atoms with Crippen molar-refractivity contribution in [2.24, 2.45) is 0 Å². The van der Waals surface area contributed by atoms with E-state index in [0.717, 1.165) is 38.2 Å². The Hall–Kier alpha value is -1.49. The number of halogens is 2. The third-order valence-electron chi connectivity index (χ3n) is 3.40. The zero-order valence-corrected chi connectivity index (χ0v) is 11.0. The van der Waals surface area contributed by atoms with Gasteiger partial charge in [-0.05, 0) is 25.1 Å². The molecule has 3 nitrogen and oxygen atoms in total. The first-order valence-electron chi connectivity index (χ1n) is 6.57. The van der Waals surface area contributed by atoms with E-state index in [1.165, 1.54) is 0 Å². The molecule has 0 unspecified atom stereocenters. The maximum absolute atomic E-state index is 13.9. The quantitative estimate of drug-likeness (QED) is 0.783. The number of piperazine rings is 1. The van der Waals surface area contributed by atoms with Crippen LogP contribution >= 0.6 is 0 Å². The van der Waals surface area contributed by atoms with Gasteiger partial charge in [-0.15, -0.1) is 0 Å². The van der Waals surface area contributed by atoms with Crippen molar-refractivity contribution in [1.82, 2.24) is 4.90 Å². The van der Waals surface area contributed by atoms with Gasteiger partial charge in [-0.25, -0.2) is 8.78 Å². The van der Waals surface area contributed by atoms with Gasteiger partial charge < -0.3 is 4.90 Å². The Bertz CT molecular complexity index is 434. The van der Waals surface area contributed by atoms with Gasteiger partial charge >= 0.3 is 0 Å². The van der Waals surface area contributed by atoms with Crippen molar-refractivity contribution < 1.29 is 13.6 Å². The number of hydrogen-bond donors (Lipinski definition) is 0. The minimum Gasteiger partial charge on any atom is -0.364 e. The van der Waals surface area contributed by atoms with Crippen LogP contribution in [0.3, 0.4) is 0 Å². The molecule has 1 aromatic carbocycles. The number of anilines is 1. The van der Waals surface area contributed by atoms with E-state index in [0.29, 0.717) is 19.4 Å². The molecule has 1 aromatic rings. The Kier molecular flexibility index (Phi) is 4.47. The van der Waals surface area contributed by atoms with Gasteiger partial charge in [-0.1, -0.05) is 6.92 Å². The topological polar surface area (TPSA) is 23.6 Å². The second-order valence-electron chi connectivity index (χ2n) is 4.78. The largest absolute Gasteiger partial charge is 0.364 e. The van der Waals surface area contributed by atoms with E-state index in [4.69, 9.17) is 0 Å². The number of carbonyl (C=O) groups excluding carboxylic acids is 1. The van der Waals surface area contributed by atoms with Gasteiger partial charge in [0.15, 0.2) is 0 Å². The van der Waals surface area contributed by atoms with Crippen LogP contribution < -0.4 is 4.90 Å². The molecular weight excluding hydrogens is 250 g/mol. The molecule has 0 atom stereocenters. The molecule has 19 heavy (non-hydrogen) atoms. The molecule has 1 aliphatic heterocycles. The normalized spacial score (nSPS) is 16.7. The number of carbonyl (C=O) groups is 1. The van der Waals surface area contributed by atoms with Crippen LogP contribution in [0.5, 0.6) is 0 Å². The molecule has 0 aromatic heterocycles. The fourth-order valence-electron chi connectivity index (χ4n) is 2.47. The fourth-order valence-corrected chi connectivity index (χ4v) is 2.47. The summed E-state index contributed by atoms with van der Waals surface area (Å²) in [7, 11) is 0. The van der Waals surface area contributed by atoms with Gasteiger partial charge in [-0.3, -0.25) is 9.69 Å². The predicted octanol–water partition coefficient (Wildman–Crippen LogP) is 2.31. The van der Waals surface area contributed by atoms with E-state index in [1.807, 2.05) is 0 Å². The third-order valence-corrected chi connectivity index (χ3v) is 3.40. The van der Waals surface area contributed by atoms with Crippen LogP contribution in [0.1, 0.15) is 23.7 Å². The first-order chi connectivity index (χ1) is 9.15. The standard InChI is InChI=1S/C14H18F2N2O/c1-2-3-17-4-6-18(7-5-17)14-12(15)8-11(10-19)9-13(14)16/h8-10H,2-7H2,1H3. The van der Waals surface area contributed by atoms with Crippen molar-refractivity contribution in [3.05, 3.63) is 29.3 Å². The van der Waals surface area contributed by atoms with E-state index < -0.39 is 11.6 Å². The molecule has 0 radical (unpaired) electrons. The zero-order valence-electron chi connectivity index (χ0n) is 11.0. The third kappa shape index (κ3) is 3.10. The van der Waals surface area contributed by atoms with Gasteiger partial charge in [0.1, 0.15) is 23.6 Å². The van der Waals surface area contributed by atoms with Crippen LogP contribution in [0, 0.1) is 11.6 Å². The number of nitrogens with zero attached hydrogens (tertiary/aromatic N) is 2. The van der Waals surface area contributed by atoms with Crippen LogP contribution in [0.25, 0.3) is 0 Å². The summed E-state index contributed by atoms with van der Waals surface area (Å²) in [6.07, 6.45) is 1.53. The van der Waals surface area contributed by atoms with Gasteiger partial charge in [0.25, 0.3) is 0 Å². The number of hydrogen-bond acceptors (Lipinski definition) is 3. The summed E-state index contributed by atoms with van der Waals surface area (Å²) in [6, 6.07) is 2.17. The first-order valence-corrected chi connectivity index (χ1v) is 6.57. The number of benzene rings is 1. The summed E-state index contributed by atoms with van der Waals surface area (Å²) < 4.78 is 27.7. The van der Waals surface area contributed by atoms with Crippen molar-refractivity contribution in [3.8, 4) is 0 Å².